The SMILES string of the molecule is O=C(c1ccc(C(F)(F)F)cn1)C1CC2CCC(C1)S2(=O)=O. The molecule has 120 valence electrons. The van der Waals surface area contributed by atoms with Crippen LogP contribution in [0.5, 0.6) is 0 Å². The number of rotatable bonds is 2. The average Bonchev–Trinajstić information content (AvgIpc) is 2.66. The van der Waals surface area contributed by atoms with Crippen LogP contribution in [0.15, 0.2) is 18.3 Å². The highest BCUT2D eigenvalue weighted by molar-refractivity contribution is 7.93. The van der Waals surface area contributed by atoms with E-state index in [-0.39, 0.29) is 24.3 Å². The van der Waals surface area contributed by atoms with Crippen molar-refractivity contribution in [2.45, 2.75) is 42.4 Å². The number of nitrogens with zero attached hydrogens (tertiary/aromatic N) is 1. The Hall–Kier alpha value is -1.44. The smallest absolute Gasteiger partial charge is 0.292 e. The Bertz CT molecular complexity index is 677. The van der Waals surface area contributed by atoms with Crippen LogP contribution in [0.1, 0.15) is 41.7 Å². The van der Waals surface area contributed by atoms with Crippen molar-refractivity contribution in [3.05, 3.63) is 29.6 Å². The fraction of sp³-hybridized carbons (Fsp3) is 0.571. The van der Waals surface area contributed by atoms with Gasteiger partial charge in [-0.3, -0.25) is 9.78 Å². The third-order valence-corrected chi connectivity index (χ3v) is 7.26. The molecule has 2 aliphatic heterocycles. The minimum Gasteiger partial charge on any atom is -0.292 e. The molecule has 1 aromatic heterocycles. The van der Waals surface area contributed by atoms with Gasteiger partial charge in [0.1, 0.15) is 5.69 Å². The molecule has 0 saturated carbocycles. The summed E-state index contributed by atoms with van der Waals surface area (Å²) < 4.78 is 61.4. The monoisotopic (exact) mass is 333 g/mol. The highest BCUT2D eigenvalue weighted by Gasteiger charge is 2.48. The number of alkyl halides is 3. The van der Waals surface area contributed by atoms with Gasteiger partial charge < -0.3 is 0 Å². The van der Waals surface area contributed by atoms with Gasteiger partial charge in [0.15, 0.2) is 15.6 Å². The van der Waals surface area contributed by atoms with Crippen LogP contribution in [-0.2, 0) is 16.0 Å². The number of halogens is 3. The van der Waals surface area contributed by atoms with E-state index in [4.69, 9.17) is 0 Å². The first-order chi connectivity index (χ1) is 10.2. The van der Waals surface area contributed by atoms with Crippen molar-refractivity contribution in [2.75, 3.05) is 0 Å². The van der Waals surface area contributed by atoms with Gasteiger partial charge in [0.25, 0.3) is 0 Å². The van der Waals surface area contributed by atoms with Crippen LogP contribution in [0.25, 0.3) is 0 Å². The highest BCUT2D eigenvalue weighted by atomic mass is 32.2. The first-order valence-electron chi connectivity index (χ1n) is 7.00. The Labute approximate surface area is 125 Å². The lowest BCUT2D eigenvalue weighted by molar-refractivity contribution is -0.137. The van der Waals surface area contributed by atoms with Crippen molar-refractivity contribution in [1.82, 2.24) is 4.98 Å². The van der Waals surface area contributed by atoms with Gasteiger partial charge in [0, 0.05) is 12.1 Å². The largest absolute Gasteiger partial charge is 0.417 e. The zero-order valence-corrected chi connectivity index (χ0v) is 12.3. The summed E-state index contributed by atoms with van der Waals surface area (Å²) in [5.74, 6) is -0.828. The van der Waals surface area contributed by atoms with Crippen LogP contribution >= 0.6 is 0 Å². The number of ketones is 1. The van der Waals surface area contributed by atoms with E-state index in [9.17, 15) is 26.4 Å². The molecule has 2 bridgehead atoms. The Morgan fingerprint density at radius 3 is 2.18 bits per heavy atom. The third-order valence-electron chi connectivity index (χ3n) is 4.55. The van der Waals surface area contributed by atoms with Crippen molar-refractivity contribution >= 4 is 15.6 Å². The van der Waals surface area contributed by atoms with Crippen LogP contribution < -0.4 is 0 Å². The minimum absolute atomic E-state index is 0.0308. The number of aromatic nitrogens is 1. The first kappa shape index (κ1) is 15.5. The molecule has 4 nitrogen and oxygen atoms in total. The summed E-state index contributed by atoms with van der Waals surface area (Å²) in [6.07, 6.45) is -2.22. The molecular weight excluding hydrogens is 319 g/mol. The Morgan fingerprint density at radius 2 is 1.73 bits per heavy atom. The number of fused-ring (bicyclic) bond motifs is 2. The van der Waals surface area contributed by atoms with Crippen molar-refractivity contribution in [3.63, 3.8) is 0 Å². The Morgan fingerprint density at radius 1 is 1.14 bits per heavy atom. The van der Waals surface area contributed by atoms with Crippen molar-refractivity contribution in [1.29, 1.82) is 0 Å². The number of hydrogen-bond acceptors (Lipinski definition) is 4. The van der Waals surface area contributed by atoms with Gasteiger partial charge in [-0.1, -0.05) is 0 Å². The first-order valence-corrected chi connectivity index (χ1v) is 8.60. The number of carbonyl (C=O) groups excluding carboxylic acids is 1. The number of sulfone groups is 1. The molecule has 1 aromatic rings. The summed E-state index contributed by atoms with van der Waals surface area (Å²) in [7, 11) is -3.13. The molecule has 8 heteroatoms. The molecule has 0 amide bonds. The summed E-state index contributed by atoms with van der Waals surface area (Å²) >= 11 is 0. The lowest BCUT2D eigenvalue weighted by Crippen LogP contribution is -2.36. The van der Waals surface area contributed by atoms with Crippen molar-refractivity contribution in [3.8, 4) is 0 Å². The van der Waals surface area contributed by atoms with Gasteiger partial charge in [0.05, 0.1) is 16.1 Å². The van der Waals surface area contributed by atoms with Gasteiger partial charge in [-0.15, -0.1) is 0 Å². The number of Topliss-reactive ketones (excluding diaryl/α,β-unsaturated/α-hetero) is 1. The molecule has 3 heterocycles. The summed E-state index contributed by atoms with van der Waals surface area (Å²) in [5.41, 5.74) is -0.938. The molecule has 2 aliphatic rings. The van der Waals surface area contributed by atoms with Crippen LogP contribution in [0.2, 0.25) is 0 Å². The van der Waals surface area contributed by atoms with E-state index in [0.29, 0.717) is 19.0 Å². The molecule has 0 aliphatic carbocycles. The van der Waals surface area contributed by atoms with E-state index in [1.807, 2.05) is 0 Å². The second-order valence-corrected chi connectivity index (χ2v) is 8.38. The zero-order valence-electron chi connectivity index (χ0n) is 11.5. The topological polar surface area (TPSA) is 64.1 Å². The Kier molecular flexibility index (Phi) is 3.54. The molecular formula is C14H14F3NO3S. The van der Waals surface area contributed by atoms with Gasteiger partial charge in [-0.05, 0) is 37.8 Å². The van der Waals surface area contributed by atoms with Crippen molar-refractivity contribution in [2.24, 2.45) is 5.92 Å². The molecule has 2 fully saturated rings. The second kappa shape index (κ2) is 5.04. The Balaban J connectivity index is 1.78. The molecule has 0 N–H and O–H groups in total. The van der Waals surface area contributed by atoms with E-state index in [0.717, 1.165) is 12.1 Å². The van der Waals surface area contributed by atoms with Crippen molar-refractivity contribution < 1.29 is 26.4 Å². The van der Waals surface area contributed by atoms with Gasteiger partial charge in [0.2, 0.25) is 0 Å². The van der Waals surface area contributed by atoms with Gasteiger partial charge in [-0.25, -0.2) is 8.42 Å². The maximum Gasteiger partial charge on any atom is 0.417 e. The normalized spacial score (nSPS) is 30.2. The lowest BCUT2D eigenvalue weighted by Gasteiger charge is -2.26. The fourth-order valence-corrected chi connectivity index (χ4v) is 5.81. The number of pyridine rings is 1. The summed E-state index contributed by atoms with van der Waals surface area (Å²) in [6.45, 7) is 0. The maximum atomic E-state index is 12.5. The van der Waals surface area contributed by atoms with Crippen LogP contribution in [0, 0.1) is 5.92 Å². The van der Waals surface area contributed by atoms with E-state index in [1.165, 1.54) is 0 Å². The zero-order chi connectivity index (χ0) is 16.1. The van der Waals surface area contributed by atoms with Crippen LogP contribution in [0.3, 0.4) is 0 Å². The quantitative estimate of drug-likeness (QED) is 0.781. The maximum absolute atomic E-state index is 12.5. The predicted octanol–water partition coefficient (Wildman–Crippen LogP) is 2.64. The van der Waals surface area contributed by atoms with Gasteiger partial charge >= 0.3 is 6.18 Å². The number of hydrogen-bond donors (Lipinski definition) is 0. The lowest BCUT2D eigenvalue weighted by atomic mass is 9.92. The minimum atomic E-state index is -4.49. The predicted molar refractivity (Wildman–Crippen MR) is 72.0 cm³/mol. The molecule has 22 heavy (non-hydrogen) atoms. The summed E-state index contributed by atoms with van der Waals surface area (Å²) in [6, 6.07) is 1.89. The fourth-order valence-electron chi connectivity index (χ4n) is 3.34. The molecule has 0 aromatic carbocycles. The van der Waals surface area contributed by atoms with E-state index >= 15 is 0 Å². The highest BCUT2D eigenvalue weighted by Crippen LogP contribution is 2.42. The van der Waals surface area contributed by atoms with Crippen LogP contribution in [-0.4, -0.2) is 29.7 Å². The van der Waals surface area contributed by atoms with E-state index in [1.54, 1.807) is 0 Å². The second-order valence-electron chi connectivity index (χ2n) is 5.87. The van der Waals surface area contributed by atoms with E-state index < -0.39 is 38.0 Å². The third kappa shape index (κ3) is 2.53. The average molecular weight is 333 g/mol. The standard InChI is InChI=1S/C14H14F3NO3S/c15-14(16,17)9-1-4-12(18-7-9)13(19)8-5-10-2-3-11(6-8)22(10,20)21/h1,4,7-8,10-11H,2-3,5-6H2. The van der Waals surface area contributed by atoms with Crippen LogP contribution in [0.4, 0.5) is 13.2 Å². The molecule has 2 atom stereocenters. The molecule has 2 unspecified atom stereocenters. The summed E-state index contributed by atoms with van der Waals surface area (Å²) in [5, 5.41) is -0.982. The molecule has 3 rings (SSSR count). The number of carbonyl (C=O) groups is 1. The molecule has 0 radical (unpaired) electrons. The summed E-state index contributed by atoms with van der Waals surface area (Å²) in [4.78, 5) is 16.0. The molecule has 2 saturated heterocycles. The van der Waals surface area contributed by atoms with E-state index in [2.05, 4.69) is 4.98 Å². The van der Waals surface area contributed by atoms with Gasteiger partial charge in [-0.2, -0.15) is 13.2 Å². The molecule has 0 spiro atoms.